The molecular formula is C141H93N3O3. The molecule has 6 nitrogen and oxygen atoms in total. The van der Waals surface area contributed by atoms with Crippen molar-refractivity contribution in [1.29, 1.82) is 0 Å². The van der Waals surface area contributed by atoms with Gasteiger partial charge in [0.1, 0.15) is 33.5 Å². The first-order valence-corrected chi connectivity index (χ1v) is 48.8. The fourth-order valence-corrected chi connectivity index (χ4v) is 23.0. The summed E-state index contributed by atoms with van der Waals surface area (Å²) in [7, 11) is 0. The third-order valence-electron chi connectivity index (χ3n) is 29.3. The summed E-state index contributed by atoms with van der Waals surface area (Å²) < 4.78 is 211. The first-order valence-electron chi connectivity index (χ1n) is 59.3. The number of hydrogen-bond donors (Lipinski definition) is 0. The topological polar surface area (TPSA) is 49.1 Å². The number of para-hydroxylation sites is 10. The standard InChI is InChI=1S/3C47H31NO/c1-3-16-35(17-4-1)48(36-18-5-2-6-19-36)37-28-29-43-41(31-37)38-20-9-11-23-42(38)47(43,34-27-26-32-14-7-8-15-33(32)30-34)44-24-13-22-40-39-21-10-12-25-45(39)49-46(40)44;1-3-15-36(16-4-1)48(37-17-5-2-6-18-37)38-26-27-44-41(31-38)39-19-9-11-21-43(39)47(44,34-24-23-32-13-7-8-14-33(32)29-34)35-25-28-46-42(30-35)40-20-10-12-22-45(40)49-46;1-3-15-36(16-4-1)48(37-17-5-2-6-18-37)38-26-28-44-42(31-38)39-19-9-11-21-43(39)47(44,34-24-23-32-13-7-8-14-33(32)29-34)35-25-27-41-40-20-10-12-22-45(40)49-46(41)30-35/h3*1-31H/i7D,8D,14D,15D,26D,27D,30D;2*7D,8D,13D,14D,23D,24D,29D. The van der Waals surface area contributed by atoms with Crippen LogP contribution in [0.3, 0.4) is 0 Å². The maximum atomic E-state index is 9.96. The van der Waals surface area contributed by atoms with E-state index in [0.29, 0.717) is 33.5 Å². The largest absolute Gasteiger partial charge is 0.456 e. The Labute approximate surface area is 881 Å². The molecule has 0 amide bonds. The molecule has 3 unspecified atom stereocenters. The Morgan fingerprint density at radius 2 is 0.449 bits per heavy atom. The number of hydrogen-bond acceptors (Lipinski definition) is 6. The molecule has 0 fully saturated rings. The summed E-state index contributed by atoms with van der Waals surface area (Å²) in [5.74, 6) is 0. The van der Waals surface area contributed by atoms with Crippen LogP contribution in [0.4, 0.5) is 51.2 Å². The number of benzene rings is 24. The van der Waals surface area contributed by atoms with Gasteiger partial charge in [-0.1, -0.05) is 400 Å². The molecule has 3 atom stereocenters. The van der Waals surface area contributed by atoms with E-state index in [1.54, 1.807) is 0 Å². The minimum absolute atomic E-state index is 0.0805. The van der Waals surface area contributed by atoms with Crippen LogP contribution >= 0.6 is 0 Å². The third kappa shape index (κ3) is 13.9. The first-order chi connectivity index (χ1) is 81.7. The van der Waals surface area contributed by atoms with Gasteiger partial charge in [0, 0.05) is 89.1 Å². The molecule has 0 saturated carbocycles. The van der Waals surface area contributed by atoms with Crippen LogP contribution in [0.5, 0.6) is 0 Å². The van der Waals surface area contributed by atoms with Crippen molar-refractivity contribution < 1.29 is 42.0 Å². The van der Waals surface area contributed by atoms with Crippen LogP contribution in [0.2, 0.25) is 0 Å². The number of anilines is 9. The van der Waals surface area contributed by atoms with Crippen LogP contribution in [-0.4, -0.2) is 0 Å². The Morgan fingerprint density at radius 3 is 0.864 bits per heavy atom. The number of fused-ring (bicyclic) bond motifs is 21. The second-order valence-electron chi connectivity index (χ2n) is 37.0. The molecule has 24 aromatic carbocycles. The quantitative estimate of drug-likeness (QED) is 0.102. The average Bonchev–Trinajstić information content (AvgIpc) is 1.49. The van der Waals surface area contributed by atoms with Gasteiger partial charge in [0.25, 0.3) is 0 Å². The Balaban J connectivity index is 0.000000117. The lowest BCUT2D eigenvalue weighted by Crippen LogP contribution is -2.29. The molecule has 0 bridgehead atoms. The summed E-state index contributed by atoms with van der Waals surface area (Å²) >= 11 is 0. The molecule has 0 saturated heterocycles. The van der Waals surface area contributed by atoms with Crippen LogP contribution in [0.1, 0.15) is 95.5 Å². The van der Waals surface area contributed by atoms with Gasteiger partial charge in [-0.25, -0.2) is 0 Å². The van der Waals surface area contributed by atoms with Gasteiger partial charge < -0.3 is 28.0 Å². The smallest absolute Gasteiger partial charge is 0.140 e. The van der Waals surface area contributed by atoms with Crippen molar-refractivity contribution in [3.05, 3.63) is 630 Å². The van der Waals surface area contributed by atoms with E-state index < -0.39 is 88.8 Å². The first kappa shape index (κ1) is 66.5. The normalized spacial score (nSPS) is 17.0. The van der Waals surface area contributed by atoms with Gasteiger partial charge in [-0.05, 0) is 291 Å². The molecule has 27 aromatic rings. The minimum Gasteiger partial charge on any atom is -0.456 e. The van der Waals surface area contributed by atoms with Crippen molar-refractivity contribution in [2.75, 3.05) is 14.7 Å². The highest BCUT2D eigenvalue weighted by molar-refractivity contribution is 6.10. The summed E-state index contributed by atoms with van der Waals surface area (Å²) in [6, 6.07) is 136. The van der Waals surface area contributed by atoms with E-state index in [2.05, 4.69) is 106 Å². The molecule has 6 heteroatoms. The van der Waals surface area contributed by atoms with E-state index in [1.807, 2.05) is 346 Å². The van der Waals surface area contributed by atoms with E-state index >= 15 is 0 Å². The van der Waals surface area contributed by atoms with Crippen LogP contribution in [0.15, 0.2) is 577 Å². The van der Waals surface area contributed by atoms with E-state index in [1.165, 1.54) is 0 Å². The predicted molar refractivity (Wildman–Crippen MR) is 610 cm³/mol. The molecule has 30 rings (SSSR count). The third-order valence-corrected chi connectivity index (χ3v) is 29.3. The molecule has 3 aliphatic carbocycles. The van der Waals surface area contributed by atoms with Crippen molar-refractivity contribution in [1.82, 2.24) is 0 Å². The van der Waals surface area contributed by atoms with Crippen molar-refractivity contribution in [2.24, 2.45) is 0 Å². The molecule has 3 heterocycles. The monoisotopic (exact) mass is 1900 g/mol. The maximum Gasteiger partial charge on any atom is 0.140 e. The molecular weight excluding hydrogens is 1780 g/mol. The lowest BCUT2D eigenvalue weighted by Gasteiger charge is -2.34. The lowest BCUT2D eigenvalue weighted by molar-refractivity contribution is 0.648. The molecule has 3 aromatic heterocycles. The van der Waals surface area contributed by atoms with Crippen molar-refractivity contribution >= 4 is 149 Å². The van der Waals surface area contributed by atoms with Crippen molar-refractivity contribution in [2.45, 2.75) is 16.2 Å². The second-order valence-corrected chi connectivity index (χ2v) is 37.0. The zero-order chi connectivity index (χ0) is 115. The van der Waals surface area contributed by atoms with Gasteiger partial charge in [-0.15, -0.1) is 0 Å². The molecule has 0 radical (unpaired) electrons. The average molecular weight is 1900 g/mol. The zero-order valence-electron chi connectivity index (χ0n) is 99.6. The molecule has 690 valence electrons. The lowest BCUT2D eigenvalue weighted by atomic mass is 9.67. The molecule has 147 heavy (non-hydrogen) atoms. The van der Waals surface area contributed by atoms with E-state index in [4.69, 9.17) is 29.7 Å². The fraction of sp³-hybridized carbons (Fsp3) is 0.0213. The van der Waals surface area contributed by atoms with E-state index in [9.17, 15) is 12.3 Å². The molecule has 3 aliphatic rings. The Kier molecular flexibility index (Phi) is 15.9. The fourth-order valence-electron chi connectivity index (χ4n) is 23.0. The van der Waals surface area contributed by atoms with Gasteiger partial charge in [0.15, 0.2) is 0 Å². The Morgan fingerprint density at radius 1 is 0.163 bits per heavy atom. The summed E-state index contributed by atoms with van der Waals surface area (Å²) in [6.07, 6.45) is 0. The van der Waals surface area contributed by atoms with Gasteiger partial charge in [0.2, 0.25) is 0 Å². The number of rotatable bonds is 15. The highest BCUT2D eigenvalue weighted by Crippen LogP contribution is 2.63. The number of furan rings is 3. The maximum absolute atomic E-state index is 9.96. The summed E-state index contributed by atoms with van der Waals surface area (Å²) in [5.41, 5.74) is 20.9. The minimum atomic E-state index is -1.42. The molecule has 0 aliphatic heterocycles. The summed E-state index contributed by atoms with van der Waals surface area (Å²) in [5, 5.41) is 4.72. The van der Waals surface area contributed by atoms with Gasteiger partial charge in [-0.3, -0.25) is 0 Å². The van der Waals surface area contributed by atoms with Crippen molar-refractivity contribution in [3.63, 3.8) is 0 Å². The zero-order valence-corrected chi connectivity index (χ0v) is 78.6. The SMILES string of the molecule is [2H]c1c([2H])c([2H])c2c([2H])c(C3(c4ccc5c(c4)oc4ccccc45)c4ccccc4-c4cc(N(c5ccccc5)c5ccccc5)ccc43)c([2H])c([2H])c2c1[2H].[2H]c1c([2H])c([2H])c2c([2H])c(C3(c4ccc5oc6ccccc6c5c4)c4ccccc4-c4cc(N(c5ccccc5)c5ccccc5)ccc43)c([2H])c([2H])c2c1[2H].[2H]c1c([2H])c([2H])c2c([2H])c(C3(c4cccc5c4oc4ccccc45)c4ccccc4-c4cc(N(c5ccccc5)c5ccccc5)ccc43)c([2H])c([2H])c2c1[2H]. The Hall–Kier alpha value is -19.1. The second kappa shape index (κ2) is 35.2. The number of nitrogens with zero attached hydrogens (tertiary/aromatic N) is 3. The van der Waals surface area contributed by atoms with Gasteiger partial charge >= 0.3 is 0 Å². The van der Waals surface area contributed by atoms with E-state index in [-0.39, 0.29) is 103 Å². The van der Waals surface area contributed by atoms with Crippen molar-refractivity contribution in [3.8, 4) is 33.4 Å². The molecule has 0 spiro atoms. The van der Waals surface area contributed by atoms with Crippen LogP contribution in [-0.2, 0) is 16.2 Å². The van der Waals surface area contributed by atoms with Crippen LogP contribution in [0.25, 0.3) is 132 Å². The van der Waals surface area contributed by atoms with E-state index in [0.717, 1.165) is 167 Å². The summed E-state index contributed by atoms with van der Waals surface area (Å²) in [4.78, 5) is 6.55. The summed E-state index contributed by atoms with van der Waals surface area (Å²) in [6.45, 7) is 0. The predicted octanol–water partition coefficient (Wildman–Crippen LogP) is 37.7. The Bertz CT molecular complexity index is 11100. The van der Waals surface area contributed by atoms with Gasteiger partial charge in [0.05, 0.1) is 45.0 Å². The highest BCUT2D eigenvalue weighted by atomic mass is 16.3. The molecule has 0 N–H and O–H groups in total. The van der Waals surface area contributed by atoms with Gasteiger partial charge in [-0.2, -0.15) is 0 Å². The highest BCUT2D eigenvalue weighted by Gasteiger charge is 2.51. The van der Waals surface area contributed by atoms with Crippen LogP contribution < -0.4 is 14.7 Å². The van der Waals surface area contributed by atoms with Crippen LogP contribution in [0, 0.1) is 0 Å².